The fourth-order valence-corrected chi connectivity index (χ4v) is 2.42. The molecule has 0 spiro atoms. The summed E-state index contributed by atoms with van der Waals surface area (Å²) in [5.41, 5.74) is 9.24. The number of hydrogen-bond acceptors (Lipinski definition) is 3. The van der Waals surface area contributed by atoms with Crippen LogP contribution in [0.25, 0.3) is 0 Å². The maximum Gasteiger partial charge on any atom is 0.0494 e. The number of nitrogens with two attached hydrogens (primary N) is 1. The normalized spacial score (nSPS) is 12.0. The molecule has 0 saturated carbocycles. The first-order valence-corrected chi connectivity index (χ1v) is 8.10. The highest BCUT2D eigenvalue weighted by Crippen LogP contribution is 2.15. The molecule has 0 fully saturated rings. The van der Waals surface area contributed by atoms with E-state index in [2.05, 4.69) is 32.9 Å². The van der Waals surface area contributed by atoms with Crippen LogP contribution in [-0.4, -0.2) is 13.2 Å². The molecule has 122 valence electrons. The minimum atomic E-state index is 0. The van der Waals surface area contributed by atoms with E-state index in [9.17, 15) is 0 Å². The number of aryl methyl sites for hydroxylation is 2. The van der Waals surface area contributed by atoms with Crippen LogP contribution in [0.4, 0.5) is 5.69 Å². The van der Waals surface area contributed by atoms with E-state index in [1.165, 1.54) is 36.8 Å². The molecule has 1 unspecified atom stereocenters. The summed E-state index contributed by atoms with van der Waals surface area (Å²) in [6.07, 6.45) is 7.32. The zero-order valence-corrected chi connectivity index (χ0v) is 14.2. The molecule has 5 N–H and O–H groups in total. The lowest BCUT2D eigenvalue weighted by Crippen LogP contribution is -2.10. The summed E-state index contributed by atoms with van der Waals surface area (Å²) in [7, 11) is 0. The molecule has 0 amide bonds. The monoisotopic (exact) mass is 294 g/mol. The zero-order valence-electron chi connectivity index (χ0n) is 14.2. The molecule has 0 bridgehead atoms. The average Bonchev–Trinajstić information content (AvgIpc) is 2.45. The number of hydrogen-bond donors (Lipinski definition) is 2. The highest BCUT2D eigenvalue weighted by atomic mass is 16.5. The van der Waals surface area contributed by atoms with E-state index in [1.807, 2.05) is 6.07 Å². The molecule has 1 rings (SSSR count). The quantitative estimate of drug-likeness (QED) is 0.476. The van der Waals surface area contributed by atoms with Crippen LogP contribution in [0, 0.1) is 12.8 Å². The Morgan fingerprint density at radius 3 is 2.57 bits per heavy atom. The fraction of sp³-hybridized carbons (Fsp3) is 0.667. The van der Waals surface area contributed by atoms with Gasteiger partial charge in [-0.1, -0.05) is 45.2 Å². The maximum atomic E-state index is 5.83. The van der Waals surface area contributed by atoms with Crippen molar-refractivity contribution in [3.63, 3.8) is 0 Å². The predicted molar refractivity (Wildman–Crippen MR) is 93.1 cm³/mol. The molecule has 0 saturated heterocycles. The zero-order chi connectivity index (χ0) is 14.8. The van der Waals surface area contributed by atoms with Crippen LogP contribution in [0.3, 0.4) is 0 Å². The molecular weight excluding hydrogens is 260 g/mol. The predicted octanol–water partition coefficient (Wildman–Crippen LogP) is 4.90. The second-order valence-corrected chi connectivity index (χ2v) is 5.79. The summed E-state index contributed by atoms with van der Waals surface area (Å²) in [4.78, 5) is 0. The smallest absolute Gasteiger partial charge is 0.0494 e. The van der Waals surface area contributed by atoms with Gasteiger partial charge in [-0.15, -0.1) is 0 Å². The van der Waals surface area contributed by atoms with Crippen LogP contribution >= 0.6 is 0 Å². The van der Waals surface area contributed by atoms with Gasteiger partial charge in [0.15, 0.2) is 0 Å². The molecule has 0 heterocycles. The lowest BCUT2D eigenvalue weighted by atomic mass is 10.0. The van der Waals surface area contributed by atoms with Gasteiger partial charge >= 0.3 is 0 Å². The average molecular weight is 294 g/mol. The largest absolute Gasteiger partial charge is 0.399 e. The second kappa shape index (κ2) is 11.6. The summed E-state index contributed by atoms with van der Waals surface area (Å²) in [6.45, 7) is 8.38. The Morgan fingerprint density at radius 2 is 1.95 bits per heavy atom. The minimum absolute atomic E-state index is 0. The van der Waals surface area contributed by atoms with Crippen molar-refractivity contribution >= 4 is 5.69 Å². The maximum absolute atomic E-state index is 5.83. The van der Waals surface area contributed by atoms with Crippen molar-refractivity contribution < 1.29 is 4.74 Å². The van der Waals surface area contributed by atoms with E-state index in [0.717, 1.165) is 37.7 Å². The number of unbranched alkanes of at least 4 members (excludes halogenated alkanes) is 1. The molecular formula is C18H34N2O. The highest BCUT2D eigenvalue weighted by Gasteiger charge is 2.05. The Bertz CT molecular complexity index is 379. The first-order chi connectivity index (χ1) is 9.67. The van der Waals surface area contributed by atoms with Gasteiger partial charge in [0.1, 0.15) is 0 Å². The van der Waals surface area contributed by atoms with Crippen LogP contribution in [0.5, 0.6) is 0 Å². The lowest BCUT2D eigenvalue weighted by molar-refractivity contribution is 0.0923. The Morgan fingerprint density at radius 1 is 1.19 bits per heavy atom. The topological polar surface area (TPSA) is 70.2 Å². The molecule has 1 atom stereocenters. The Hall–Kier alpha value is -1.06. The van der Waals surface area contributed by atoms with Crippen molar-refractivity contribution in [3.05, 3.63) is 29.3 Å². The lowest BCUT2D eigenvalue weighted by Gasteiger charge is -2.14. The van der Waals surface area contributed by atoms with Gasteiger partial charge in [-0.2, -0.15) is 0 Å². The van der Waals surface area contributed by atoms with Gasteiger partial charge in [0.25, 0.3) is 0 Å². The van der Waals surface area contributed by atoms with Crippen molar-refractivity contribution in [1.29, 1.82) is 0 Å². The summed E-state index contributed by atoms with van der Waals surface area (Å²) < 4.78 is 5.83. The van der Waals surface area contributed by atoms with Crippen molar-refractivity contribution in [2.45, 2.75) is 59.3 Å². The Kier molecular flexibility index (Phi) is 11.0. The van der Waals surface area contributed by atoms with Crippen LogP contribution in [-0.2, 0) is 11.2 Å². The van der Waals surface area contributed by atoms with Crippen molar-refractivity contribution in [3.8, 4) is 0 Å². The summed E-state index contributed by atoms with van der Waals surface area (Å²) in [5.74, 6) is 0.744. The van der Waals surface area contributed by atoms with Gasteiger partial charge < -0.3 is 16.6 Å². The van der Waals surface area contributed by atoms with Gasteiger partial charge in [0.2, 0.25) is 0 Å². The molecule has 3 nitrogen and oxygen atoms in total. The van der Waals surface area contributed by atoms with Crippen LogP contribution in [0.2, 0.25) is 0 Å². The van der Waals surface area contributed by atoms with E-state index >= 15 is 0 Å². The molecule has 0 aromatic heterocycles. The third kappa shape index (κ3) is 8.08. The first kappa shape index (κ1) is 19.9. The SMILES string of the molecule is CCCCC(CC)COCCCc1ccc(N)c(C)c1.N. The third-order valence-electron chi connectivity index (χ3n) is 3.99. The van der Waals surface area contributed by atoms with E-state index in [0.29, 0.717) is 0 Å². The number of rotatable bonds is 10. The number of benzene rings is 1. The number of nitrogen functional groups attached to an aromatic ring is 1. The van der Waals surface area contributed by atoms with Crippen LogP contribution in [0.15, 0.2) is 18.2 Å². The second-order valence-electron chi connectivity index (χ2n) is 5.79. The molecule has 0 aliphatic rings. The van der Waals surface area contributed by atoms with Crippen LogP contribution in [0.1, 0.15) is 57.1 Å². The summed E-state index contributed by atoms with van der Waals surface area (Å²) in [6, 6.07) is 6.31. The fourth-order valence-electron chi connectivity index (χ4n) is 2.42. The first-order valence-electron chi connectivity index (χ1n) is 8.10. The number of anilines is 1. The molecule has 0 aliphatic heterocycles. The highest BCUT2D eigenvalue weighted by molar-refractivity contribution is 5.47. The molecule has 1 aromatic rings. The minimum Gasteiger partial charge on any atom is -0.399 e. The van der Waals surface area contributed by atoms with E-state index in [1.54, 1.807) is 0 Å². The van der Waals surface area contributed by atoms with Crippen molar-refractivity contribution in [2.24, 2.45) is 5.92 Å². The van der Waals surface area contributed by atoms with Crippen molar-refractivity contribution in [2.75, 3.05) is 18.9 Å². The van der Waals surface area contributed by atoms with E-state index in [4.69, 9.17) is 10.5 Å². The molecule has 1 aromatic carbocycles. The standard InChI is InChI=1S/C18H31NO.H3N/c1-4-6-8-16(5-2)14-20-12-7-9-17-10-11-18(19)15(3)13-17;/h10-11,13,16H,4-9,12,14,19H2,1-3H3;1H3. The van der Waals surface area contributed by atoms with Gasteiger partial charge in [-0.05, 0) is 49.3 Å². The van der Waals surface area contributed by atoms with Gasteiger partial charge in [-0.25, -0.2) is 0 Å². The Balaban J connectivity index is 0.00000400. The molecule has 3 heteroatoms. The van der Waals surface area contributed by atoms with E-state index in [-0.39, 0.29) is 6.15 Å². The molecule has 0 aliphatic carbocycles. The van der Waals surface area contributed by atoms with Crippen LogP contribution < -0.4 is 11.9 Å². The molecule has 0 radical (unpaired) electrons. The summed E-state index contributed by atoms with van der Waals surface area (Å²) >= 11 is 0. The van der Waals surface area contributed by atoms with Crippen molar-refractivity contribution in [1.82, 2.24) is 6.15 Å². The number of ether oxygens (including phenoxy) is 1. The Labute approximate surface area is 130 Å². The third-order valence-corrected chi connectivity index (χ3v) is 3.99. The molecule has 21 heavy (non-hydrogen) atoms. The van der Waals surface area contributed by atoms with Gasteiger partial charge in [0.05, 0.1) is 0 Å². The summed E-state index contributed by atoms with van der Waals surface area (Å²) in [5, 5.41) is 0. The van der Waals surface area contributed by atoms with Gasteiger partial charge in [0, 0.05) is 18.9 Å². The van der Waals surface area contributed by atoms with E-state index < -0.39 is 0 Å². The van der Waals surface area contributed by atoms with Gasteiger partial charge in [-0.3, -0.25) is 0 Å².